The Hall–Kier alpha value is -5.81. The Morgan fingerprint density at radius 1 is 0.529 bits per heavy atom. The largest absolute Gasteiger partial charge is 0.457 e. The molecule has 0 radical (unpaired) electrons. The lowest BCUT2D eigenvalue weighted by molar-refractivity contribution is 0.479. The van der Waals surface area contributed by atoms with E-state index in [1.54, 1.807) is 0 Å². The van der Waals surface area contributed by atoms with E-state index in [1.165, 1.54) is 33.0 Å². The van der Waals surface area contributed by atoms with E-state index in [-0.39, 0.29) is 10.8 Å². The zero-order chi connectivity index (χ0) is 35.3. The molecule has 0 amide bonds. The number of fused-ring (bicyclic) bond motifs is 3. The van der Waals surface area contributed by atoms with E-state index in [2.05, 4.69) is 196 Å². The summed E-state index contributed by atoms with van der Waals surface area (Å²) in [5.74, 6) is 2.50. The summed E-state index contributed by atoms with van der Waals surface area (Å²) < 4.78 is 9.02. The summed E-state index contributed by atoms with van der Waals surface area (Å²) in [5.41, 5.74) is 9.28. The minimum absolute atomic E-state index is 0.00898. The van der Waals surface area contributed by atoms with Crippen molar-refractivity contribution < 1.29 is 4.74 Å². The van der Waals surface area contributed by atoms with Gasteiger partial charge in [0, 0.05) is 52.9 Å². The van der Waals surface area contributed by atoms with Crippen LogP contribution in [-0.4, -0.2) is 16.2 Å². The first kappa shape index (κ1) is 32.4. The highest BCUT2D eigenvalue weighted by Gasteiger charge is 2.22. The molecule has 3 heterocycles. The lowest BCUT2D eigenvalue weighted by atomic mass is 9.86. The minimum atomic E-state index is -0.0648. The van der Waals surface area contributed by atoms with Crippen LogP contribution in [0, 0.1) is 0 Å². The van der Waals surface area contributed by atoms with Crippen molar-refractivity contribution in [3.05, 3.63) is 157 Å². The zero-order valence-electron chi connectivity index (χ0n) is 30.3. The standard InChI is InChI=1S/C46H44N4O/c1-45(2,3)34-22-23-47-44(28-34)50-42-15-11-10-14-40(42)41-21-20-38(30-43(41)50)51-39-27-35(46(4,5)6)26-37(29-39)49-25-24-48(31-49)36-18-16-33(17-19-36)32-12-8-7-9-13-32/h7-30H,31H2,1-6H3. The maximum absolute atomic E-state index is 6.76. The first-order valence-electron chi connectivity index (χ1n) is 17.7. The number of nitrogens with zero attached hydrogens (tertiary/aromatic N) is 4. The van der Waals surface area contributed by atoms with Crippen LogP contribution in [0.4, 0.5) is 11.4 Å². The molecule has 0 unspecified atom stereocenters. The highest BCUT2D eigenvalue weighted by molar-refractivity contribution is 6.09. The Labute approximate surface area is 301 Å². The smallest absolute Gasteiger partial charge is 0.137 e. The molecule has 5 nitrogen and oxygen atoms in total. The number of aromatic nitrogens is 2. The van der Waals surface area contributed by atoms with Crippen molar-refractivity contribution in [3.63, 3.8) is 0 Å². The topological polar surface area (TPSA) is 33.5 Å². The zero-order valence-corrected chi connectivity index (χ0v) is 30.3. The summed E-state index contributed by atoms with van der Waals surface area (Å²) >= 11 is 0. The Kier molecular flexibility index (Phi) is 7.94. The van der Waals surface area contributed by atoms with Gasteiger partial charge in [-0.3, -0.25) is 4.57 Å². The number of ether oxygens (including phenoxy) is 1. The van der Waals surface area contributed by atoms with Gasteiger partial charge in [-0.15, -0.1) is 0 Å². The quantitative estimate of drug-likeness (QED) is 0.177. The van der Waals surface area contributed by atoms with E-state index in [4.69, 9.17) is 9.72 Å². The molecule has 0 atom stereocenters. The molecule has 1 aliphatic heterocycles. The van der Waals surface area contributed by atoms with Gasteiger partial charge in [-0.25, -0.2) is 4.98 Å². The second-order valence-electron chi connectivity index (χ2n) is 15.5. The van der Waals surface area contributed by atoms with Crippen molar-refractivity contribution in [2.45, 2.75) is 52.4 Å². The van der Waals surface area contributed by atoms with E-state index < -0.39 is 0 Å². The summed E-state index contributed by atoms with van der Waals surface area (Å²) in [6, 6.07) is 45.2. The third kappa shape index (κ3) is 6.36. The van der Waals surface area contributed by atoms with E-state index in [1.807, 2.05) is 6.20 Å². The maximum atomic E-state index is 6.76. The number of para-hydroxylation sites is 1. The highest BCUT2D eigenvalue weighted by Crippen LogP contribution is 2.39. The van der Waals surface area contributed by atoms with Gasteiger partial charge in [0.1, 0.15) is 17.3 Å². The van der Waals surface area contributed by atoms with Gasteiger partial charge >= 0.3 is 0 Å². The van der Waals surface area contributed by atoms with Crippen LogP contribution in [0.15, 0.2) is 146 Å². The monoisotopic (exact) mass is 668 g/mol. The molecule has 0 saturated heterocycles. The predicted molar refractivity (Wildman–Crippen MR) is 213 cm³/mol. The molecule has 0 N–H and O–H groups in total. The summed E-state index contributed by atoms with van der Waals surface area (Å²) in [4.78, 5) is 9.41. The van der Waals surface area contributed by atoms with E-state index in [9.17, 15) is 0 Å². The van der Waals surface area contributed by atoms with Crippen molar-refractivity contribution in [1.82, 2.24) is 9.55 Å². The lowest BCUT2D eigenvalue weighted by Crippen LogP contribution is -2.25. The fourth-order valence-electron chi connectivity index (χ4n) is 6.88. The summed E-state index contributed by atoms with van der Waals surface area (Å²) in [7, 11) is 0. The molecule has 1 aliphatic rings. The van der Waals surface area contributed by atoms with Crippen LogP contribution in [-0.2, 0) is 10.8 Å². The molecule has 7 aromatic rings. The van der Waals surface area contributed by atoms with Crippen LogP contribution in [0.5, 0.6) is 11.5 Å². The Morgan fingerprint density at radius 2 is 1.20 bits per heavy atom. The number of hydrogen-bond acceptors (Lipinski definition) is 4. The molecule has 0 bridgehead atoms. The molecule has 2 aromatic heterocycles. The van der Waals surface area contributed by atoms with Gasteiger partial charge in [0.15, 0.2) is 0 Å². The Balaban J connectivity index is 1.12. The normalized spacial score (nSPS) is 13.5. The lowest BCUT2D eigenvalue weighted by Gasteiger charge is -2.26. The van der Waals surface area contributed by atoms with Crippen molar-refractivity contribution in [1.29, 1.82) is 0 Å². The predicted octanol–water partition coefficient (Wildman–Crippen LogP) is 12.0. The van der Waals surface area contributed by atoms with Gasteiger partial charge in [0.05, 0.1) is 17.7 Å². The van der Waals surface area contributed by atoms with Crippen LogP contribution in [0.2, 0.25) is 0 Å². The van der Waals surface area contributed by atoms with Gasteiger partial charge in [-0.05, 0) is 87.7 Å². The number of anilines is 2. The second kappa shape index (κ2) is 12.5. The number of hydrogen-bond donors (Lipinski definition) is 0. The molecule has 51 heavy (non-hydrogen) atoms. The minimum Gasteiger partial charge on any atom is -0.457 e. The molecular weight excluding hydrogens is 625 g/mol. The van der Waals surface area contributed by atoms with Gasteiger partial charge in [0.2, 0.25) is 0 Å². The molecule has 0 aliphatic carbocycles. The van der Waals surface area contributed by atoms with Gasteiger partial charge < -0.3 is 14.5 Å². The Morgan fingerprint density at radius 3 is 1.94 bits per heavy atom. The van der Waals surface area contributed by atoms with Crippen LogP contribution in [0.25, 0.3) is 38.8 Å². The van der Waals surface area contributed by atoms with E-state index >= 15 is 0 Å². The first-order chi connectivity index (χ1) is 24.5. The molecule has 254 valence electrons. The average Bonchev–Trinajstić information content (AvgIpc) is 3.75. The third-order valence-corrected chi connectivity index (χ3v) is 9.85. The SMILES string of the molecule is CC(C)(C)c1cc(Oc2ccc3c4ccccc4n(-c4cc(C(C)(C)C)ccn4)c3c2)cc(N2C=CN(c3ccc(-c4ccccc4)cc3)C2)c1. The molecule has 0 fully saturated rings. The van der Waals surface area contributed by atoms with E-state index in [0.717, 1.165) is 39.7 Å². The van der Waals surface area contributed by atoms with E-state index in [0.29, 0.717) is 6.67 Å². The number of benzene rings is 5. The molecular formula is C46H44N4O. The molecule has 5 heteroatoms. The fraction of sp³-hybridized carbons (Fsp3) is 0.196. The summed E-state index contributed by atoms with van der Waals surface area (Å²) in [5, 5.41) is 2.36. The summed E-state index contributed by atoms with van der Waals surface area (Å²) in [6.07, 6.45) is 6.22. The number of pyridine rings is 1. The Bertz CT molecular complexity index is 2390. The molecule has 5 aromatic carbocycles. The van der Waals surface area contributed by atoms with Crippen molar-refractivity contribution >= 4 is 33.2 Å². The fourth-order valence-corrected chi connectivity index (χ4v) is 6.88. The van der Waals surface area contributed by atoms with Gasteiger partial charge in [-0.1, -0.05) is 102 Å². The van der Waals surface area contributed by atoms with Gasteiger partial charge in [0.25, 0.3) is 0 Å². The molecule has 8 rings (SSSR count). The van der Waals surface area contributed by atoms with Crippen LogP contribution < -0.4 is 14.5 Å². The maximum Gasteiger partial charge on any atom is 0.137 e. The molecule has 0 saturated carbocycles. The van der Waals surface area contributed by atoms with Crippen molar-refractivity contribution in [3.8, 4) is 28.4 Å². The molecule has 0 spiro atoms. The number of rotatable bonds is 6. The van der Waals surface area contributed by atoms with Crippen LogP contribution >= 0.6 is 0 Å². The van der Waals surface area contributed by atoms with Crippen LogP contribution in [0.1, 0.15) is 52.7 Å². The highest BCUT2D eigenvalue weighted by atomic mass is 16.5. The summed E-state index contributed by atoms with van der Waals surface area (Å²) in [6.45, 7) is 14.2. The first-order valence-corrected chi connectivity index (χ1v) is 17.7. The van der Waals surface area contributed by atoms with Crippen LogP contribution in [0.3, 0.4) is 0 Å². The average molecular weight is 669 g/mol. The third-order valence-electron chi connectivity index (χ3n) is 9.85. The van der Waals surface area contributed by atoms with Crippen molar-refractivity contribution in [2.75, 3.05) is 16.5 Å². The second-order valence-corrected chi connectivity index (χ2v) is 15.5. The van der Waals surface area contributed by atoms with Gasteiger partial charge in [-0.2, -0.15) is 0 Å². The van der Waals surface area contributed by atoms with Crippen molar-refractivity contribution in [2.24, 2.45) is 0 Å².